The molecule has 1 aromatic carbocycles. The normalized spacial score (nSPS) is 16.8. The molecule has 3 heteroatoms. The van der Waals surface area contributed by atoms with E-state index in [4.69, 9.17) is 10.5 Å². The summed E-state index contributed by atoms with van der Waals surface area (Å²) in [6.07, 6.45) is 0.614. The number of hydrogen-bond acceptors (Lipinski definition) is 3. The van der Waals surface area contributed by atoms with Gasteiger partial charge in [-0.05, 0) is 18.9 Å². The predicted octanol–water partition coefficient (Wildman–Crippen LogP) is 1.30. The third kappa shape index (κ3) is 2.61. The van der Waals surface area contributed by atoms with Gasteiger partial charge in [0.2, 0.25) is 0 Å². The number of hydrogen-bond donors (Lipinski definition) is 2. The topological polar surface area (TPSA) is 55.5 Å². The molecule has 0 aromatic heterocycles. The zero-order chi connectivity index (χ0) is 12.0. The molecule has 3 nitrogen and oxygen atoms in total. The highest BCUT2D eigenvalue weighted by Crippen LogP contribution is 2.31. The molecule has 0 aliphatic rings. The molecule has 0 aliphatic carbocycles. The third-order valence-corrected chi connectivity index (χ3v) is 3.18. The smallest absolute Gasteiger partial charge is 0.0574 e. The van der Waals surface area contributed by atoms with Gasteiger partial charge in [-0.15, -0.1) is 0 Å². The fourth-order valence-electron chi connectivity index (χ4n) is 2.15. The van der Waals surface area contributed by atoms with E-state index in [1.54, 1.807) is 7.11 Å². The molecule has 0 saturated carbocycles. The lowest BCUT2D eigenvalue weighted by molar-refractivity contribution is 0.0944. The maximum Gasteiger partial charge on any atom is 0.0574 e. The van der Waals surface area contributed by atoms with Crippen LogP contribution in [0.25, 0.3) is 0 Å². The summed E-state index contributed by atoms with van der Waals surface area (Å²) in [6, 6.07) is 9.96. The highest BCUT2D eigenvalue weighted by atomic mass is 16.5. The van der Waals surface area contributed by atoms with E-state index < -0.39 is 0 Å². The minimum Gasteiger partial charge on any atom is -0.396 e. The maximum atomic E-state index is 9.23. The highest BCUT2D eigenvalue weighted by molar-refractivity contribution is 5.27. The van der Waals surface area contributed by atoms with Crippen molar-refractivity contribution >= 4 is 0 Å². The monoisotopic (exact) mass is 223 g/mol. The van der Waals surface area contributed by atoms with E-state index in [0.717, 1.165) is 5.56 Å². The van der Waals surface area contributed by atoms with Gasteiger partial charge in [-0.1, -0.05) is 30.3 Å². The molecule has 0 amide bonds. The van der Waals surface area contributed by atoms with E-state index >= 15 is 0 Å². The number of rotatable bonds is 6. The molecule has 1 aromatic rings. The molecular formula is C13H21NO2. The molecule has 0 aliphatic heterocycles. The van der Waals surface area contributed by atoms with Crippen LogP contribution in [0.1, 0.15) is 18.9 Å². The second-order valence-corrected chi connectivity index (χ2v) is 4.22. The second-order valence-electron chi connectivity index (χ2n) is 4.22. The standard InChI is InChI=1S/C13H21NO2/c1-11(14)13(8-9-15,10-16-2)12-6-4-3-5-7-12/h3-7,11,15H,8-10,14H2,1-2H3. The first-order chi connectivity index (χ1) is 7.67. The van der Waals surface area contributed by atoms with Crippen LogP contribution in [0.4, 0.5) is 0 Å². The van der Waals surface area contributed by atoms with Crippen molar-refractivity contribution < 1.29 is 9.84 Å². The Kier molecular flexibility index (Phi) is 4.93. The maximum absolute atomic E-state index is 9.23. The summed E-state index contributed by atoms with van der Waals surface area (Å²) in [7, 11) is 1.66. The molecule has 0 spiro atoms. The summed E-state index contributed by atoms with van der Waals surface area (Å²) < 4.78 is 5.28. The Balaban J connectivity index is 3.10. The lowest BCUT2D eigenvalue weighted by Gasteiger charge is -2.37. The minimum absolute atomic E-state index is 0.0676. The molecular weight excluding hydrogens is 202 g/mol. The van der Waals surface area contributed by atoms with Crippen molar-refractivity contribution in [2.45, 2.75) is 24.8 Å². The van der Waals surface area contributed by atoms with Gasteiger partial charge >= 0.3 is 0 Å². The number of aliphatic hydroxyl groups is 1. The molecule has 2 unspecified atom stereocenters. The van der Waals surface area contributed by atoms with Crippen molar-refractivity contribution in [2.24, 2.45) is 5.73 Å². The van der Waals surface area contributed by atoms with E-state index in [1.807, 2.05) is 37.3 Å². The van der Waals surface area contributed by atoms with Gasteiger partial charge in [0.15, 0.2) is 0 Å². The van der Waals surface area contributed by atoms with Gasteiger partial charge in [0.05, 0.1) is 6.61 Å². The van der Waals surface area contributed by atoms with Crippen molar-refractivity contribution in [2.75, 3.05) is 20.3 Å². The lowest BCUT2D eigenvalue weighted by Crippen LogP contribution is -2.47. The van der Waals surface area contributed by atoms with E-state index in [-0.39, 0.29) is 18.1 Å². The Labute approximate surface area is 97.2 Å². The summed E-state index contributed by atoms with van der Waals surface area (Å²) in [4.78, 5) is 0. The molecule has 0 saturated heterocycles. The molecule has 1 rings (SSSR count). The van der Waals surface area contributed by atoms with Crippen molar-refractivity contribution in [3.05, 3.63) is 35.9 Å². The Hall–Kier alpha value is -0.900. The van der Waals surface area contributed by atoms with Gasteiger partial charge in [0.1, 0.15) is 0 Å². The highest BCUT2D eigenvalue weighted by Gasteiger charge is 2.35. The van der Waals surface area contributed by atoms with Gasteiger partial charge < -0.3 is 15.6 Å². The van der Waals surface area contributed by atoms with Crippen LogP contribution in [0.3, 0.4) is 0 Å². The van der Waals surface area contributed by atoms with Crippen molar-refractivity contribution in [1.29, 1.82) is 0 Å². The van der Waals surface area contributed by atoms with Crippen LogP contribution < -0.4 is 5.73 Å². The van der Waals surface area contributed by atoms with E-state index in [9.17, 15) is 5.11 Å². The number of methoxy groups -OCH3 is 1. The first-order valence-corrected chi connectivity index (χ1v) is 5.58. The molecule has 0 radical (unpaired) electrons. The number of aliphatic hydroxyl groups excluding tert-OH is 1. The third-order valence-electron chi connectivity index (χ3n) is 3.18. The van der Waals surface area contributed by atoms with Crippen molar-refractivity contribution in [3.8, 4) is 0 Å². The molecule has 90 valence electrons. The van der Waals surface area contributed by atoms with Crippen LogP contribution in [0, 0.1) is 0 Å². The largest absolute Gasteiger partial charge is 0.396 e. The van der Waals surface area contributed by atoms with Crippen LogP contribution in [0.2, 0.25) is 0 Å². The fraction of sp³-hybridized carbons (Fsp3) is 0.538. The first-order valence-electron chi connectivity index (χ1n) is 5.58. The second kappa shape index (κ2) is 5.99. The fourth-order valence-corrected chi connectivity index (χ4v) is 2.15. The van der Waals surface area contributed by atoms with Crippen molar-refractivity contribution in [1.82, 2.24) is 0 Å². The van der Waals surface area contributed by atoms with Gasteiger partial charge in [-0.3, -0.25) is 0 Å². The average molecular weight is 223 g/mol. The van der Waals surface area contributed by atoms with Gasteiger partial charge in [-0.25, -0.2) is 0 Å². The summed E-state index contributed by atoms with van der Waals surface area (Å²) in [5.74, 6) is 0. The summed E-state index contributed by atoms with van der Waals surface area (Å²) in [5.41, 5.74) is 6.91. The van der Waals surface area contributed by atoms with Crippen LogP contribution in [-0.2, 0) is 10.2 Å². The number of benzene rings is 1. The van der Waals surface area contributed by atoms with Crippen molar-refractivity contribution in [3.63, 3.8) is 0 Å². The van der Waals surface area contributed by atoms with E-state index in [1.165, 1.54) is 0 Å². The molecule has 2 atom stereocenters. The Morgan fingerprint density at radius 2 is 2.00 bits per heavy atom. The Morgan fingerprint density at radius 3 is 2.44 bits per heavy atom. The molecule has 3 N–H and O–H groups in total. The average Bonchev–Trinajstić information content (AvgIpc) is 2.29. The summed E-state index contributed by atoms with van der Waals surface area (Å²) in [6.45, 7) is 2.59. The lowest BCUT2D eigenvalue weighted by atomic mass is 9.73. The number of ether oxygens (including phenoxy) is 1. The van der Waals surface area contributed by atoms with Crippen LogP contribution in [-0.4, -0.2) is 31.5 Å². The molecule has 16 heavy (non-hydrogen) atoms. The van der Waals surface area contributed by atoms with E-state index in [2.05, 4.69) is 0 Å². The van der Waals surface area contributed by atoms with Gasteiger partial charge in [0.25, 0.3) is 0 Å². The SMILES string of the molecule is COCC(CCO)(c1ccccc1)C(C)N. The Bertz CT molecular complexity index is 292. The summed E-state index contributed by atoms with van der Waals surface area (Å²) >= 11 is 0. The van der Waals surface area contributed by atoms with Gasteiger partial charge in [0, 0.05) is 25.2 Å². The first kappa shape index (κ1) is 13.2. The van der Waals surface area contributed by atoms with Crippen LogP contribution in [0.5, 0.6) is 0 Å². The predicted molar refractivity (Wildman–Crippen MR) is 65.3 cm³/mol. The van der Waals surface area contributed by atoms with E-state index in [0.29, 0.717) is 13.0 Å². The van der Waals surface area contributed by atoms with Crippen LogP contribution >= 0.6 is 0 Å². The van der Waals surface area contributed by atoms with Gasteiger partial charge in [-0.2, -0.15) is 0 Å². The Morgan fingerprint density at radius 1 is 1.38 bits per heavy atom. The van der Waals surface area contributed by atoms with Crippen LogP contribution in [0.15, 0.2) is 30.3 Å². The molecule has 0 heterocycles. The summed E-state index contributed by atoms with van der Waals surface area (Å²) in [5, 5.41) is 9.23. The zero-order valence-electron chi connectivity index (χ0n) is 10.0. The quantitative estimate of drug-likeness (QED) is 0.764. The minimum atomic E-state index is -0.301. The number of nitrogens with two attached hydrogens (primary N) is 1. The molecule has 0 bridgehead atoms. The zero-order valence-corrected chi connectivity index (χ0v) is 10.0. The molecule has 0 fully saturated rings.